The molecule has 0 saturated carbocycles. The van der Waals surface area contributed by atoms with Gasteiger partial charge in [0.05, 0.1) is 18.8 Å². The van der Waals surface area contributed by atoms with Crippen LogP contribution in [-0.4, -0.2) is 31.0 Å². The van der Waals surface area contributed by atoms with Crippen LogP contribution >= 0.6 is 11.6 Å². The zero-order chi connectivity index (χ0) is 16.8. The van der Waals surface area contributed by atoms with E-state index in [4.69, 9.17) is 25.9 Å². The fourth-order valence-corrected chi connectivity index (χ4v) is 1.93. The molecule has 0 saturated heterocycles. The highest BCUT2D eigenvalue weighted by molar-refractivity contribution is 6.44. The van der Waals surface area contributed by atoms with E-state index in [2.05, 4.69) is 5.16 Å². The standard InChI is InChI=1S/C16H22ClNO4/c1-6-21-15(19)14(18-20-5)11-8-7-9-13(17)12(11)10-22-16(2,3)4/h7-9H,6,10H2,1-5H3. The predicted molar refractivity (Wildman–Crippen MR) is 86.2 cm³/mol. The molecule has 0 radical (unpaired) electrons. The molecule has 0 aliphatic carbocycles. The number of hydrogen-bond donors (Lipinski definition) is 0. The number of esters is 1. The van der Waals surface area contributed by atoms with Crippen LogP contribution in [0, 0.1) is 0 Å². The van der Waals surface area contributed by atoms with Crippen LogP contribution in [0.15, 0.2) is 23.4 Å². The number of ether oxygens (including phenoxy) is 2. The first-order chi connectivity index (χ1) is 10.3. The first kappa shape index (κ1) is 18.5. The summed E-state index contributed by atoms with van der Waals surface area (Å²) in [4.78, 5) is 16.9. The molecule has 0 spiro atoms. The molecule has 0 amide bonds. The second-order valence-electron chi connectivity index (χ2n) is 5.51. The lowest BCUT2D eigenvalue weighted by atomic mass is 10.0. The van der Waals surface area contributed by atoms with Crippen LogP contribution in [0.3, 0.4) is 0 Å². The van der Waals surface area contributed by atoms with Gasteiger partial charge in [0.1, 0.15) is 7.11 Å². The van der Waals surface area contributed by atoms with Gasteiger partial charge in [-0.2, -0.15) is 0 Å². The van der Waals surface area contributed by atoms with Gasteiger partial charge in [-0.1, -0.05) is 28.9 Å². The fraction of sp³-hybridized carbons (Fsp3) is 0.500. The van der Waals surface area contributed by atoms with Gasteiger partial charge < -0.3 is 14.3 Å². The lowest BCUT2D eigenvalue weighted by Gasteiger charge is -2.21. The third-order valence-electron chi connectivity index (χ3n) is 2.67. The molecule has 0 fully saturated rings. The fourth-order valence-electron chi connectivity index (χ4n) is 1.70. The maximum Gasteiger partial charge on any atom is 0.361 e. The highest BCUT2D eigenvalue weighted by atomic mass is 35.5. The number of carbonyl (C=O) groups is 1. The maximum absolute atomic E-state index is 12.1. The van der Waals surface area contributed by atoms with E-state index in [-0.39, 0.29) is 24.5 Å². The summed E-state index contributed by atoms with van der Waals surface area (Å²) < 4.78 is 10.8. The van der Waals surface area contributed by atoms with Gasteiger partial charge in [0.15, 0.2) is 5.71 Å². The second-order valence-corrected chi connectivity index (χ2v) is 5.92. The molecule has 0 bridgehead atoms. The first-order valence-electron chi connectivity index (χ1n) is 7.00. The minimum atomic E-state index is -0.566. The molecule has 122 valence electrons. The van der Waals surface area contributed by atoms with Crippen molar-refractivity contribution >= 4 is 23.3 Å². The number of nitrogens with zero attached hydrogens (tertiary/aromatic N) is 1. The quantitative estimate of drug-likeness (QED) is 0.455. The smallest absolute Gasteiger partial charge is 0.361 e. The molecule has 0 unspecified atom stereocenters. The van der Waals surface area contributed by atoms with Crippen molar-refractivity contribution in [2.75, 3.05) is 13.7 Å². The van der Waals surface area contributed by atoms with E-state index in [9.17, 15) is 4.79 Å². The van der Waals surface area contributed by atoms with Crippen LogP contribution in [-0.2, 0) is 25.7 Å². The molecule has 0 aromatic heterocycles. The Morgan fingerprint density at radius 1 is 1.32 bits per heavy atom. The number of carbonyl (C=O) groups excluding carboxylic acids is 1. The molecule has 1 rings (SSSR count). The van der Waals surface area contributed by atoms with Crippen molar-refractivity contribution < 1.29 is 19.1 Å². The van der Waals surface area contributed by atoms with Crippen molar-refractivity contribution in [2.45, 2.75) is 39.9 Å². The predicted octanol–water partition coefficient (Wildman–Crippen LogP) is 3.57. The van der Waals surface area contributed by atoms with Crippen molar-refractivity contribution in [1.29, 1.82) is 0 Å². The van der Waals surface area contributed by atoms with E-state index in [0.717, 1.165) is 0 Å². The number of benzene rings is 1. The Morgan fingerprint density at radius 3 is 2.55 bits per heavy atom. The third-order valence-corrected chi connectivity index (χ3v) is 3.03. The summed E-state index contributed by atoms with van der Waals surface area (Å²) in [6.45, 7) is 8.05. The van der Waals surface area contributed by atoms with Gasteiger partial charge >= 0.3 is 5.97 Å². The van der Waals surface area contributed by atoms with Crippen molar-refractivity contribution in [3.05, 3.63) is 34.3 Å². The van der Waals surface area contributed by atoms with E-state index in [1.165, 1.54) is 7.11 Å². The third kappa shape index (κ3) is 5.31. The molecular formula is C16H22ClNO4. The molecular weight excluding hydrogens is 306 g/mol. The normalized spacial score (nSPS) is 12.2. The molecule has 0 heterocycles. The van der Waals surface area contributed by atoms with Gasteiger partial charge in [-0.05, 0) is 33.8 Å². The van der Waals surface area contributed by atoms with Crippen LogP contribution < -0.4 is 0 Å². The highest BCUT2D eigenvalue weighted by Gasteiger charge is 2.22. The molecule has 1 aromatic carbocycles. The van der Waals surface area contributed by atoms with E-state index in [1.807, 2.05) is 20.8 Å². The van der Waals surface area contributed by atoms with Crippen LogP contribution in [0.1, 0.15) is 38.8 Å². The summed E-state index contributed by atoms with van der Waals surface area (Å²) in [7, 11) is 1.37. The average Bonchev–Trinajstić information content (AvgIpc) is 2.42. The largest absolute Gasteiger partial charge is 0.461 e. The maximum atomic E-state index is 12.1. The Morgan fingerprint density at radius 2 is 2.00 bits per heavy atom. The summed E-state index contributed by atoms with van der Waals surface area (Å²) in [6, 6.07) is 5.21. The molecule has 6 heteroatoms. The Hall–Kier alpha value is -1.59. The van der Waals surface area contributed by atoms with Gasteiger partial charge in [-0.15, -0.1) is 0 Å². The topological polar surface area (TPSA) is 57.1 Å². The highest BCUT2D eigenvalue weighted by Crippen LogP contribution is 2.24. The minimum Gasteiger partial charge on any atom is -0.461 e. The van der Waals surface area contributed by atoms with Gasteiger partial charge in [0.2, 0.25) is 0 Å². The van der Waals surface area contributed by atoms with Crippen molar-refractivity contribution in [3.8, 4) is 0 Å². The van der Waals surface area contributed by atoms with Crippen LogP contribution in [0.2, 0.25) is 5.02 Å². The Labute approximate surface area is 136 Å². The summed E-state index contributed by atoms with van der Waals surface area (Å²) >= 11 is 6.26. The van der Waals surface area contributed by atoms with Crippen LogP contribution in [0.4, 0.5) is 0 Å². The summed E-state index contributed by atoms with van der Waals surface area (Å²) in [5.41, 5.74) is 0.943. The van der Waals surface area contributed by atoms with Crippen molar-refractivity contribution in [3.63, 3.8) is 0 Å². The number of halogens is 1. The zero-order valence-electron chi connectivity index (χ0n) is 13.6. The van der Waals surface area contributed by atoms with E-state index < -0.39 is 5.97 Å². The van der Waals surface area contributed by atoms with Gasteiger partial charge in [0.25, 0.3) is 0 Å². The second kappa shape index (κ2) is 8.15. The van der Waals surface area contributed by atoms with Gasteiger partial charge in [-0.25, -0.2) is 4.79 Å². The number of rotatable bonds is 6. The summed E-state index contributed by atoms with van der Waals surface area (Å²) in [5, 5.41) is 4.28. The number of oxime groups is 1. The monoisotopic (exact) mass is 327 g/mol. The van der Waals surface area contributed by atoms with E-state index >= 15 is 0 Å². The minimum absolute atomic E-state index is 0.0689. The zero-order valence-corrected chi connectivity index (χ0v) is 14.4. The first-order valence-corrected chi connectivity index (χ1v) is 7.38. The SMILES string of the molecule is CCOC(=O)C(=NOC)c1cccc(Cl)c1COC(C)(C)C. The Balaban J connectivity index is 3.23. The molecule has 22 heavy (non-hydrogen) atoms. The Bertz CT molecular complexity index is 550. The number of hydrogen-bond acceptors (Lipinski definition) is 5. The lowest BCUT2D eigenvalue weighted by molar-refractivity contribution is -0.135. The molecule has 1 aromatic rings. The molecule has 0 atom stereocenters. The van der Waals surface area contributed by atoms with Crippen molar-refractivity contribution in [2.24, 2.45) is 5.16 Å². The van der Waals surface area contributed by atoms with Crippen molar-refractivity contribution in [1.82, 2.24) is 0 Å². The van der Waals surface area contributed by atoms with E-state index in [0.29, 0.717) is 16.1 Å². The van der Waals surface area contributed by atoms with Gasteiger partial charge in [-0.3, -0.25) is 0 Å². The molecule has 0 aliphatic rings. The summed E-state index contributed by atoms with van der Waals surface area (Å²) in [6.07, 6.45) is 0. The average molecular weight is 328 g/mol. The molecule has 0 aliphatic heterocycles. The molecule has 5 nitrogen and oxygen atoms in total. The van der Waals surface area contributed by atoms with Crippen LogP contribution in [0.5, 0.6) is 0 Å². The lowest BCUT2D eigenvalue weighted by Crippen LogP contribution is -2.23. The Kier molecular flexibility index (Phi) is 6.84. The molecule has 0 N–H and O–H groups in total. The van der Waals surface area contributed by atoms with E-state index in [1.54, 1.807) is 25.1 Å². The summed E-state index contributed by atoms with van der Waals surface area (Å²) in [5.74, 6) is -0.566. The van der Waals surface area contributed by atoms with Crippen LogP contribution in [0.25, 0.3) is 0 Å². The van der Waals surface area contributed by atoms with Gasteiger partial charge in [0, 0.05) is 16.1 Å².